The van der Waals surface area contributed by atoms with Gasteiger partial charge >= 0.3 is 5.97 Å². The number of carbonyl (C=O) groups is 1. The normalized spacial score (nSPS) is 15.3. The van der Waals surface area contributed by atoms with Gasteiger partial charge in [0.05, 0.1) is 16.1 Å². The van der Waals surface area contributed by atoms with Crippen molar-refractivity contribution >= 4 is 15.8 Å². The van der Waals surface area contributed by atoms with Crippen molar-refractivity contribution in [2.75, 3.05) is 0 Å². The van der Waals surface area contributed by atoms with Crippen LogP contribution in [0.1, 0.15) is 47.0 Å². The van der Waals surface area contributed by atoms with Crippen molar-refractivity contribution in [3.8, 4) is 0 Å². The highest BCUT2D eigenvalue weighted by molar-refractivity contribution is 7.92. The quantitative estimate of drug-likeness (QED) is 0.672. The first kappa shape index (κ1) is 20.4. The van der Waals surface area contributed by atoms with Crippen molar-refractivity contribution in [2.24, 2.45) is 11.8 Å². The van der Waals surface area contributed by atoms with E-state index in [2.05, 4.69) is 6.08 Å². The van der Waals surface area contributed by atoms with Crippen LogP contribution in [0, 0.1) is 11.8 Å². The van der Waals surface area contributed by atoms with Crippen LogP contribution in [0.3, 0.4) is 0 Å². The number of hydrogen-bond donors (Lipinski definition) is 1. The molecule has 0 spiro atoms. The second kappa shape index (κ2) is 9.02. The average molecular weight is 352 g/mol. The fourth-order valence-electron chi connectivity index (χ4n) is 2.71. The number of hydrogen-bond acceptors (Lipinski definition) is 3. The van der Waals surface area contributed by atoms with Crippen LogP contribution >= 0.6 is 0 Å². The Kier molecular flexibility index (Phi) is 7.67. The van der Waals surface area contributed by atoms with Gasteiger partial charge in [0.2, 0.25) is 0 Å². The van der Waals surface area contributed by atoms with Crippen LogP contribution < -0.4 is 0 Å². The van der Waals surface area contributed by atoms with Gasteiger partial charge in [-0.2, -0.15) is 0 Å². The first-order valence-electron chi connectivity index (χ1n) is 8.31. The van der Waals surface area contributed by atoms with E-state index in [4.69, 9.17) is 0 Å². The van der Waals surface area contributed by atoms with Crippen LogP contribution in [-0.4, -0.2) is 24.7 Å². The van der Waals surface area contributed by atoms with Gasteiger partial charge in [0, 0.05) is 0 Å². The summed E-state index contributed by atoms with van der Waals surface area (Å²) < 4.78 is 25.8. The van der Waals surface area contributed by atoms with Crippen molar-refractivity contribution in [3.63, 3.8) is 0 Å². The number of carboxylic acid groups (broad SMARTS) is 1. The molecule has 1 aromatic carbocycles. The molecule has 0 heterocycles. The molecular formula is C19H28O4S. The summed E-state index contributed by atoms with van der Waals surface area (Å²) in [4.78, 5) is 11.6. The summed E-state index contributed by atoms with van der Waals surface area (Å²) in [5, 5.41) is 8.43. The maximum atomic E-state index is 12.9. The minimum absolute atomic E-state index is 0.130. The Morgan fingerprint density at radius 3 is 2.25 bits per heavy atom. The largest absolute Gasteiger partial charge is 0.481 e. The fraction of sp³-hybridized carbons (Fsp3) is 0.526. The van der Waals surface area contributed by atoms with Gasteiger partial charge in [0.25, 0.3) is 0 Å². The van der Waals surface area contributed by atoms with Crippen molar-refractivity contribution in [1.82, 2.24) is 0 Å². The van der Waals surface area contributed by atoms with E-state index in [0.29, 0.717) is 6.42 Å². The molecule has 0 aromatic heterocycles. The predicted octanol–water partition coefficient (Wildman–Crippen LogP) is 4.32. The topological polar surface area (TPSA) is 71.4 Å². The lowest BCUT2D eigenvalue weighted by molar-refractivity contribution is -0.141. The molecule has 0 radical (unpaired) electrons. The van der Waals surface area contributed by atoms with Crippen molar-refractivity contribution < 1.29 is 18.3 Å². The highest BCUT2D eigenvalue weighted by atomic mass is 32.2. The van der Waals surface area contributed by atoms with Gasteiger partial charge in [0.1, 0.15) is 0 Å². The van der Waals surface area contributed by atoms with Crippen molar-refractivity contribution in [3.05, 3.63) is 42.0 Å². The zero-order valence-electron chi connectivity index (χ0n) is 14.9. The standard InChI is InChI=1S/C19H28O4S/c1-14(2)9-8-10-15(3)13-18(16(4)19(20)21)24(22,23)17-11-6-5-7-12-17/h5-7,9,11-12,15-16,18H,8,10,13H2,1-4H3,(H,20,21). The third-order valence-electron chi connectivity index (χ3n) is 4.26. The van der Waals surface area contributed by atoms with Crippen LogP contribution in [0.4, 0.5) is 0 Å². The molecule has 0 bridgehead atoms. The molecule has 0 aliphatic rings. The zero-order chi connectivity index (χ0) is 18.3. The number of aliphatic carboxylic acids is 1. The molecule has 1 N–H and O–H groups in total. The third kappa shape index (κ3) is 5.78. The summed E-state index contributed by atoms with van der Waals surface area (Å²) >= 11 is 0. The van der Waals surface area contributed by atoms with E-state index in [-0.39, 0.29) is 10.8 Å². The molecule has 0 fully saturated rings. The third-order valence-corrected chi connectivity index (χ3v) is 6.59. The van der Waals surface area contributed by atoms with Crippen LogP contribution in [0.15, 0.2) is 46.9 Å². The highest BCUT2D eigenvalue weighted by Crippen LogP contribution is 2.29. The molecule has 1 rings (SSSR count). The highest BCUT2D eigenvalue weighted by Gasteiger charge is 2.36. The number of rotatable bonds is 9. The summed E-state index contributed by atoms with van der Waals surface area (Å²) in [5.41, 5.74) is 1.23. The van der Waals surface area contributed by atoms with E-state index < -0.39 is 27.0 Å². The smallest absolute Gasteiger partial charge is 0.307 e. The van der Waals surface area contributed by atoms with Gasteiger partial charge in [-0.25, -0.2) is 8.42 Å². The Hall–Kier alpha value is -1.62. The minimum Gasteiger partial charge on any atom is -0.481 e. The van der Waals surface area contributed by atoms with Crippen LogP contribution in [-0.2, 0) is 14.6 Å². The molecule has 4 nitrogen and oxygen atoms in total. The van der Waals surface area contributed by atoms with E-state index in [1.807, 2.05) is 20.8 Å². The number of sulfone groups is 1. The monoisotopic (exact) mass is 352 g/mol. The molecule has 0 aliphatic heterocycles. The molecule has 134 valence electrons. The second-order valence-corrected chi connectivity index (χ2v) is 8.89. The first-order chi connectivity index (χ1) is 11.2. The molecule has 5 heteroatoms. The van der Waals surface area contributed by atoms with Crippen LogP contribution in [0.2, 0.25) is 0 Å². The molecule has 0 amide bonds. The molecule has 1 aromatic rings. The molecule has 0 saturated heterocycles. The molecular weight excluding hydrogens is 324 g/mol. The lowest BCUT2D eigenvalue weighted by atomic mass is 9.94. The van der Waals surface area contributed by atoms with E-state index >= 15 is 0 Å². The zero-order valence-corrected chi connectivity index (χ0v) is 15.7. The number of benzene rings is 1. The van der Waals surface area contributed by atoms with Crippen molar-refractivity contribution in [2.45, 2.75) is 57.1 Å². The molecule has 0 aliphatic carbocycles. The van der Waals surface area contributed by atoms with E-state index in [0.717, 1.165) is 12.8 Å². The lowest BCUT2D eigenvalue weighted by Gasteiger charge is -2.24. The second-order valence-electron chi connectivity index (χ2n) is 6.72. The Morgan fingerprint density at radius 1 is 1.17 bits per heavy atom. The number of carboxylic acids is 1. The van der Waals surface area contributed by atoms with Gasteiger partial charge in [-0.05, 0) is 51.2 Å². The minimum atomic E-state index is -3.68. The van der Waals surface area contributed by atoms with Crippen LogP contribution in [0.25, 0.3) is 0 Å². The Balaban J connectivity index is 3.01. The predicted molar refractivity (Wildman–Crippen MR) is 96.7 cm³/mol. The van der Waals surface area contributed by atoms with Gasteiger partial charge in [-0.1, -0.05) is 43.7 Å². The van der Waals surface area contributed by atoms with E-state index in [1.165, 1.54) is 24.6 Å². The Morgan fingerprint density at radius 2 is 1.75 bits per heavy atom. The molecule has 3 unspecified atom stereocenters. The van der Waals surface area contributed by atoms with E-state index in [9.17, 15) is 18.3 Å². The Bertz CT molecular complexity index is 658. The lowest BCUT2D eigenvalue weighted by Crippen LogP contribution is -2.34. The average Bonchev–Trinajstić information content (AvgIpc) is 2.52. The summed E-state index contributed by atoms with van der Waals surface area (Å²) in [6.45, 7) is 7.52. The van der Waals surface area contributed by atoms with E-state index in [1.54, 1.807) is 18.2 Å². The fourth-order valence-corrected chi connectivity index (χ4v) is 4.84. The van der Waals surface area contributed by atoms with Crippen LogP contribution in [0.5, 0.6) is 0 Å². The molecule has 0 saturated carbocycles. The SMILES string of the molecule is CC(C)=CCCC(C)CC(C(C)C(=O)O)S(=O)(=O)c1ccccc1. The maximum Gasteiger partial charge on any atom is 0.307 e. The number of allylic oxidation sites excluding steroid dienone is 2. The van der Waals surface area contributed by atoms with Gasteiger partial charge in [-0.15, -0.1) is 0 Å². The van der Waals surface area contributed by atoms with Gasteiger partial charge < -0.3 is 5.11 Å². The summed E-state index contributed by atoms with van der Waals surface area (Å²) in [6.07, 6.45) is 4.19. The van der Waals surface area contributed by atoms with Gasteiger partial charge in [-0.3, -0.25) is 4.79 Å². The van der Waals surface area contributed by atoms with Gasteiger partial charge in [0.15, 0.2) is 9.84 Å². The summed E-state index contributed by atoms with van der Waals surface area (Å²) in [6, 6.07) is 8.13. The maximum absolute atomic E-state index is 12.9. The Labute approximate surface area is 145 Å². The van der Waals surface area contributed by atoms with Crippen molar-refractivity contribution in [1.29, 1.82) is 0 Å². The summed E-state index contributed by atoms with van der Waals surface area (Å²) in [5.74, 6) is -1.89. The molecule has 3 atom stereocenters. The molecule has 24 heavy (non-hydrogen) atoms. The summed E-state index contributed by atoms with van der Waals surface area (Å²) in [7, 11) is -3.68. The first-order valence-corrected chi connectivity index (χ1v) is 9.86.